The van der Waals surface area contributed by atoms with Crippen molar-refractivity contribution < 1.29 is 14.6 Å². The fourth-order valence-electron chi connectivity index (χ4n) is 4.12. The quantitative estimate of drug-likeness (QED) is 0.341. The van der Waals surface area contributed by atoms with E-state index in [9.17, 15) is 9.90 Å². The number of carboxylic acids is 1. The van der Waals surface area contributed by atoms with E-state index in [1.54, 1.807) is 24.3 Å². The van der Waals surface area contributed by atoms with Gasteiger partial charge in [0.1, 0.15) is 11.6 Å². The van der Waals surface area contributed by atoms with Crippen molar-refractivity contribution in [1.29, 1.82) is 5.41 Å². The number of amidine groups is 1. The zero-order chi connectivity index (χ0) is 22.4. The molecule has 1 heterocycles. The fourth-order valence-corrected chi connectivity index (χ4v) is 4.12. The molecule has 0 aliphatic carbocycles. The number of benzene rings is 2. The number of carbonyl (C=O) groups is 1. The number of aliphatic carboxylic acids is 1. The van der Waals surface area contributed by atoms with Crippen LogP contribution in [0.15, 0.2) is 42.5 Å². The smallest absolute Gasteiger partial charge is 0.334 e. The van der Waals surface area contributed by atoms with Gasteiger partial charge in [-0.25, -0.2) is 4.79 Å². The van der Waals surface area contributed by atoms with Crippen molar-refractivity contribution in [3.05, 3.63) is 59.2 Å². The van der Waals surface area contributed by atoms with Gasteiger partial charge in [0.25, 0.3) is 0 Å². The maximum absolute atomic E-state index is 12.6. The Balaban J connectivity index is 2.00. The van der Waals surface area contributed by atoms with Crippen LogP contribution in [0.5, 0.6) is 5.75 Å². The first-order chi connectivity index (χ1) is 14.9. The second kappa shape index (κ2) is 9.83. The summed E-state index contributed by atoms with van der Waals surface area (Å²) in [6.07, 6.45) is 2.74. The minimum Gasteiger partial charge on any atom is -0.494 e. The van der Waals surface area contributed by atoms with Gasteiger partial charge >= 0.3 is 5.97 Å². The SMILES string of the molecule is CCOc1cc(CN2CCCC2)cc(C(CC)(Nc2ccc(C(=N)N)cc2)C(=O)O)c1. The predicted octanol–water partition coefficient (Wildman–Crippen LogP) is 3.77. The number of likely N-dealkylation sites (tertiary alicyclic amines) is 1. The van der Waals surface area contributed by atoms with Gasteiger partial charge in [-0.15, -0.1) is 0 Å². The number of rotatable bonds is 10. The largest absolute Gasteiger partial charge is 0.494 e. The average Bonchev–Trinajstić information content (AvgIpc) is 3.25. The second-order valence-electron chi connectivity index (χ2n) is 7.96. The Morgan fingerprint density at radius 2 is 1.87 bits per heavy atom. The minimum absolute atomic E-state index is 0.0255. The summed E-state index contributed by atoms with van der Waals surface area (Å²) in [6.45, 7) is 7.20. The van der Waals surface area contributed by atoms with Gasteiger partial charge in [-0.2, -0.15) is 0 Å². The van der Waals surface area contributed by atoms with Gasteiger partial charge in [0.05, 0.1) is 6.61 Å². The van der Waals surface area contributed by atoms with Crippen molar-refractivity contribution in [1.82, 2.24) is 4.90 Å². The molecule has 1 aliphatic rings. The molecular weight excluding hydrogens is 392 g/mol. The lowest BCUT2D eigenvalue weighted by atomic mass is 9.85. The molecule has 166 valence electrons. The topological polar surface area (TPSA) is 112 Å². The van der Waals surface area contributed by atoms with E-state index in [0.29, 0.717) is 35.6 Å². The fraction of sp³-hybridized carbons (Fsp3) is 0.417. The molecule has 1 aliphatic heterocycles. The number of carboxylic acid groups (broad SMARTS) is 1. The molecule has 0 amide bonds. The van der Waals surface area contributed by atoms with E-state index in [-0.39, 0.29) is 5.84 Å². The molecule has 2 aromatic carbocycles. The number of anilines is 1. The van der Waals surface area contributed by atoms with Crippen LogP contribution >= 0.6 is 0 Å². The predicted molar refractivity (Wildman–Crippen MR) is 123 cm³/mol. The number of ether oxygens (including phenoxy) is 1. The molecule has 2 aromatic rings. The number of hydrogen-bond acceptors (Lipinski definition) is 5. The van der Waals surface area contributed by atoms with E-state index in [1.165, 1.54) is 12.8 Å². The van der Waals surface area contributed by atoms with Crippen molar-refractivity contribution >= 4 is 17.5 Å². The number of nitrogens with zero attached hydrogens (tertiary/aromatic N) is 1. The van der Waals surface area contributed by atoms with Crippen LogP contribution < -0.4 is 15.8 Å². The van der Waals surface area contributed by atoms with E-state index in [4.69, 9.17) is 15.9 Å². The molecule has 1 saturated heterocycles. The minimum atomic E-state index is -1.31. The molecule has 0 saturated carbocycles. The standard InChI is InChI=1S/C24H32N4O3/c1-3-24(23(29)30,27-20-9-7-18(8-10-20)22(25)26)19-13-17(14-21(15-19)31-4-2)16-28-11-5-6-12-28/h7-10,13-15,27H,3-6,11-12,16H2,1-2H3,(H3,25,26)(H,29,30). The van der Waals surface area contributed by atoms with Crippen LogP contribution in [-0.2, 0) is 16.9 Å². The first-order valence-electron chi connectivity index (χ1n) is 10.8. The van der Waals surface area contributed by atoms with Crippen LogP contribution in [0.2, 0.25) is 0 Å². The van der Waals surface area contributed by atoms with Gasteiger partial charge in [-0.05, 0) is 86.8 Å². The molecule has 1 fully saturated rings. The third kappa shape index (κ3) is 5.17. The summed E-state index contributed by atoms with van der Waals surface area (Å²) in [6, 6.07) is 12.7. The zero-order valence-corrected chi connectivity index (χ0v) is 18.3. The lowest BCUT2D eigenvalue weighted by Gasteiger charge is -2.32. The van der Waals surface area contributed by atoms with Gasteiger partial charge in [0, 0.05) is 17.8 Å². The van der Waals surface area contributed by atoms with Gasteiger partial charge in [-0.3, -0.25) is 10.3 Å². The van der Waals surface area contributed by atoms with Gasteiger partial charge < -0.3 is 20.9 Å². The third-order valence-electron chi connectivity index (χ3n) is 5.82. The highest BCUT2D eigenvalue weighted by molar-refractivity contribution is 5.95. The summed E-state index contributed by atoms with van der Waals surface area (Å²) in [4.78, 5) is 15.0. The Morgan fingerprint density at radius 3 is 2.42 bits per heavy atom. The maximum atomic E-state index is 12.6. The molecule has 7 nitrogen and oxygen atoms in total. The number of nitrogens with two attached hydrogens (primary N) is 1. The van der Waals surface area contributed by atoms with Gasteiger partial charge in [-0.1, -0.05) is 13.0 Å². The first kappa shape index (κ1) is 22.6. The number of hydrogen-bond donors (Lipinski definition) is 4. The van der Waals surface area contributed by atoms with Crippen LogP contribution in [0.25, 0.3) is 0 Å². The summed E-state index contributed by atoms with van der Waals surface area (Å²) in [5, 5.41) is 21.1. The van der Waals surface area contributed by atoms with Crippen LogP contribution in [0.3, 0.4) is 0 Å². The third-order valence-corrected chi connectivity index (χ3v) is 5.82. The normalized spacial score (nSPS) is 15.9. The summed E-state index contributed by atoms with van der Waals surface area (Å²) < 4.78 is 5.79. The molecular formula is C24H32N4O3. The molecule has 7 heteroatoms. The van der Waals surface area contributed by atoms with Gasteiger partial charge in [0.2, 0.25) is 0 Å². The van der Waals surface area contributed by atoms with Gasteiger partial charge in [0.15, 0.2) is 5.54 Å². The molecule has 5 N–H and O–H groups in total. The lowest BCUT2D eigenvalue weighted by Crippen LogP contribution is -2.43. The summed E-state index contributed by atoms with van der Waals surface area (Å²) >= 11 is 0. The molecule has 0 aromatic heterocycles. The van der Waals surface area contributed by atoms with Crippen LogP contribution in [-0.4, -0.2) is 41.5 Å². The molecule has 1 unspecified atom stereocenters. The van der Waals surface area contributed by atoms with Crippen molar-refractivity contribution in [3.8, 4) is 5.75 Å². The van der Waals surface area contributed by atoms with E-state index >= 15 is 0 Å². The molecule has 0 bridgehead atoms. The second-order valence-corrected chi connectivity index (χ2v) is 7.96. The van der Waals surface area contributed by atoms with E-state index in [2.05, 4.69) is 10.2 Å². The number of nitrogens with one attached hydrogen (secondary N) is 2. The molecule has 3 rings (SSSR count). The molecule has 1 atom stereocenters. The highest BCUT2D eigenvalue weighted by Gasteiger charge is 2.39. The van der Waals surface area contributed by atoms with Crippen LogP contribution in [0.4, 0.5) is 5.69 Å². The molecule has 0 radical (unpaired) electrons. The average molecular weight is 425 g/mol. The zero-order valence-electron chi connectivity index (χ0n) is 18.3. The Labute approximate surface area is 183 Å². The summed E-state index contributed by atoms with van der Waals surface area (Å²) in [5.41, 5.74) is 7.18. The maximum Gasteiger partial charge on any atom is 0.334 e. The lowest BCUT2D eigenvalue weighted by molar-refractivity contribution is -0.142. The molecule has 31 heavy (non-hydrogen) atoms. The van der Waals surface area contributed by atoms with Crippen molar-refractivity contribution in [2.75, 3.05) is 25.0 Å². The van der Waals surface area contributed by atoms with Crippen molar-refractivity contribution in [3.63, 3.8) is 0 Å². The monoisotopic (exact) mass is 424 g/mol. The summed E-state index contributed by atoms with van der Waals surface area (Å²) in [5.74, 6) is -0.295. The van der Waals surface area contributed by atoms with Crippen molar-refractivity contribution in [2.45, 2.75) is 45.2 Å². The Bertz CT molecular complexity index is 923. The van der Waals surface area contributed by atoms with E-state index < -0.39 is 11.5 Å². The first-order valence-corrected chi connectivity index (χ1v) is 10.8. The van der Waals surface area contributed by atoms with Crippen LogP contribution in [0.1, 0.15) is 49.8 Å². The van der Waals surface area contributed by atoms with Crippen LogP contribution in [0, 0.1) is 5.41 Å². The summed E-state index contributed by atoms with van der Waals surface area (Å²) in [7, 11) is 0. The number of nitrogen functional groups attached to an aromatic ring is 1. The van der Waals surface area contributed by atoms with E-state index in [0.717, 1.165) is 25.2 Å². The highest BCUT2D eigenvalue weighted by atomic mass is 16.5. The van der Waals surface area contributed by atoms with Crippen molar-refractivity contribution in [2.24, 2.45) is 5.73 Å². The Hall–Kier alpha value is -3.06. The van der Waals surface area contributed by atoms with E-state index in [1.807, 2.05) is 32.0 Å². The Kier molecular flexibility index (Phi) is 7.17. The molecule has 0 spiro atoms. The highest BCUT2D eigenvalue weighted by Crippen LogP contribution is 2.34. The Morgan fingerprint density at radius 1 is 1.19 bits per heavy atom.